The zero-order chi connectivity index (χ0) is 15.6. The summed E-state index contributed by atoms with van der Waals surface area (Å²) < 4.78 is 11.3. The lowest BCUT2D eigenvalue weighted by Crippen LogP contribution is -2.37. The maximum absolute atomic E-state index is 5.87. The molecule has 1 atom stereocenters. The van der Waals surface area contributed by atoms with Gasteiger partial charge in [0.05, 0.1) is 17.2 Å². The average Bonchev–Trinajstić information content (AvgIpc) is 3.28. The lowest BCUT2D eigenvalue weighted by atomic mass is 10.2. The van der Waals surface area contributed by atoms with Gasteiger partial charge < -0.3 is 9.26 Å². The SMILES string of the molecule is Cc1csc(C2CN(Cc3cc(-c4cccs4)on3)CCO2)n1. The van der Waals surface area contributed by atoms with Gasteiger partial charge in [-0.3, -0.25) is 4.90 Å². The monoisotopic (exact) mass is 347 g/mol. The molecule has 0 saturated carbocycles. The second-order valence-electron chi connectivity index (χ2n) is 5.58. The number of thiazole rings is 1. The van der Waals surface area contributed by atoms with Crippen LogP contribution in [0, 0.1) is 6.92 Å². The Bertz CT molecular complexity index is 766. The zero-order valence-electron chi connectivity index (χ0n) is 12.8. The fourth-order valence-electron chi connectivity index (χ4n) is 2.67. The van der Waals surface area contributed by atoms with Crippen molar-refractivity contribution in [2.24, 2.45) is 0 Å². The van der Waals surface area contributed by atoms with E-state index in [1.165, 1.54) is 0 Å². The summed E-state index contributed by atoms with van der Waals surface area (Å²) in [6.07, 6.45) is 0.0612. The van der Waals surface area contributed by atoms with Crippen LogP contribution in [0.4, 0.5) is 0 Å². The molecule has 4 rings (SSSR count). The summed E-state index contributed by atoms with van der Waals surface area (Å²) >= 11 is 3.33. The first kappa shape index (κ1) is 15.0. The van der Waals surface area contributed by atoms with Crippen LogP contribution in [0.3, 0.4) is 0 Å². The number of morpholine rings is 1. The van der Waals surface area contributed by atoms with Crippen LogP contribution >= 0.6 is 22.7 Å². The van der Waals surface area contributed by atoms with Crippen molar-refractivity contribution in [2.75, 3.05) is 19.7 Å². The lowest BCUT2D eigenvalue weighted by Gasteiger charge is -2.31. The quantitative estimate of drug-likeness (QED) is 0.719. The zero-order valence-corrected chi connectivity index (χ0v) is 14.4. The Balaban J connectivity index is 1.42. The Morgan fingerprint density at radius 2 is 2.35 bits per heavy atom. The number of ether oxygens (including phenoxy) is 1. The van der Waals surface area contributed by atoms with Gasteiger partial charge in [0.15, 0.2) is 5.76 Å². The van der Waals surface area contributed by atoms with E-state index in [2.05, 4.69) is 20.4 Å². The van der Waals surface area contributed by atoms with E-state index in [9.17, 15) is 0 Å². The average molecular weight is 347 g/mol. The molecule has 120 valence electrons. The van der Waals surface area contributed by atoms with Gasteiger partial charge in [-0.05, 0) is 18.4 Å². The minimum atomic E-state index is 0.0612. The highest BCUT2D eigenvalue weighted by Gasteiger charge is 2.25. The molecule has 1 unspecified atom stereocenters. The fraction of sp³-hybridized carbons (Fsp3) is 0.375. The minimum Gasteiger partial charge on any atom is -0.368 e. The molecule has 3 aromatic rings. The summed E-state index contributed by atoms with van der Waals surface area (Å²) in [7, 11) is 0. The lowest BCUT2D eigenvalue weighted by molar-refractivity contribution is -0.0336. The van der Waals surface area contributed by atoms with Crippen molar-refractivity contribution in [3.05, 3.63) is 45.4 Å². The van der Waals surface area contributed by atoms with Crippen molar-refractivity contribution in [1.29, 1.82) is 0 Å². The smallest absolute Gasteiger partial charge is 0.177 e. The standard InChI is InChI=1S/C16H17N3O2S2/c1-11-10-23-16(17-11)14-9-19(4-5-20-14)8-12-7-13(21-18-12)15-3-2-6-22-15/h2-3,6-7,10,14H,4-5,8-9H2,1H3. The molecule has 4 heterocycles. The number of nitrogens with zero attached hydrogens (tertiary/aromatic N) is 3. The summed E-state index contributed by atoms with van der Waals surface area (Å²) in [5.74, 6) is 0.843. The molecule has 0 amide bonds. The van der Waals surface area contributed by atoms with Gasteiger partial charge in [0.1, 0.15) is 11.1 Å². The Morgan fingerprint density at radius 3 is 3.13 bits per heavy atom. The van der Waals surface area contributed by atoms with Gasteiger partial charge in [-0.25, -0.2) is 4.98 Å². The van der Waals surface area contributed by atoms with E-state index in [-0.39, 0.29) is 6.10 Å². The molecule has 23 heavy (non-hydrogen) atoms. The van der Waals surface area contributed by atoms with E-state index < -0.39 is 0 Å². The summed E-state index contributed by atoms with van der Waals surface area (Å²) in [6.45, 7) is 5.26. The van der Waals surface area contributed by atoms with Gasteiger partial charge in [-0.2, -0.15) is 0 Å². The van der Waals surface area contributed by atoms with E-state index in [1.807, 2.05) is 30.5 Å². The molecule has 0 aromatic carbocycles. The highest BCUT2D eigenvalue weighted by atomic mass is 32.1. The Labute approximate surface area is 142 Å². The second kappa shape index (κ2) is 6.52. The predicted molar refractivity (Wildman–Crippen MR) is 90.6 cm³/mol. The molecular weight excluding hydrogens is 330 g/mol. The van der Waals surface area contributed by atoms with E-state index in [0.29, 0.717) is 0 Å². The Morgan fingerprint density at radius 1 is 1.39 bits per heavy atom. The third-order valence-electron chi connectivity index (χ3n) is 3.77. The van der Waals surface area contributed by atoms with E-state index in [1.54, 1.807) is 22.7 Å². The van der Waals surface area contributed by atoms with Crippen LogP contribution in [-0.2, 0) is 11.3 Å². The van der Waals surface area contributed by atoms with Gasteiger partial charge in [-0.15, -0.1) is 22.7 Å². The normalized spacial score (nSPS) is 19.3. The predicted octanol–water partition coefficient (Wildman–Crippen LogP) is 3.74. The van der Waals surface area contributed by atoms with Gasteiger partial charge in [0.25, 0.3) is 0 Å². The van der Waals surface area contributed by atoms with Crippen LogP contribution in [0.25, 0.3) is 10.6 Å². The van der Waals surface area contributed by atoms with Crippen LogP contribution in [0.15, 0.2) is 33.5 Å². The van der Waals surface area contributed by atoms with E-state index >= 15 is 0 Å². The summed E-state index contributed by atoms with van der Waals surface area (Å²) in [6, 6.07) is 6.10. The third-order valence-corrected chi connectivity index (χ3v) is 5.71. The van der Waals surface area contributed by atoms with Crippen molar-refractivity contribution in [3.63, 3.8) is 0 Å². The summed E-state index contributed by atoms with van der Waals surface area (Å²) in [5, 5.41) is 9.38. The molecule has 1 aliphatic rings. The molecule has 0 N–H and O–H groups in total. The molecule has 1 aliphatic heterocycles. The Hall–Kier alpha value is -1.54. The largest absolute Gasteiger partial charge is 0.368 e. The molecule has 5 nitrogen and oxygen atoms in total. The maximum Gasteiger partial charge on any atom is 0.177 e. The first-order valence-electron chi connectivity index (χ1n) is 7.53. The molecule has 0 bridgehead atoms. The highest BCUT2D eigenvalue weighted by molar-refractivity contribution is 7.13. The summed E-state index contributed by atoms with van der Waals surface area (Å²) in [4.78, 5) is 8.01. The molecule has 0 radical (unpaired) electrons. The number of hydrogen-bond donors (Lipinski definition) is 0. The molecule has 0 spiro atoms. The van der Waals surface area contributed by atoms with Crippen molar-refractivity contribution < 1.29 is 9.26 Å². The topological polar surface area (TPSA) is 51.4 Å². The first-order valence-corrected chi connectivity index (χ1v) is 9.29. The van der Waals surface area contributed by atoms with Crippen molar-refractivity contribution in [3.8, 4) is 10.6 Å². The second-order valence-corrected chi connectivity index (χ2v) is 7.42. The Kier molecular flexibility index (Phi) is 4.26. The molecule has 3 aromatic heterocycles. The minimum absolute atomic E-state index is 0.0612. The van der Waals surface area contributed by atoms with E-state index in [0.717, 1.165) is 53.3 Å². The maximum atomic E-state index is 5.87. The molecular formula is C16H17N3O2S2. The van der Waals surface area contributed by atoms with Crippen LogP contribution in [-0.4, -0.2) is 34.7 Å². The van der Waals surface area contributed by atoms with Gasteiger partial charge >= 0.3 is 0 Å². The summed E-state index contributed by atoms with van der Waals surface area (Å²) in [5.41, 5.74) is 2.02. The van der Waals surface area contributed by atoms with Gasteiger partial charge in [-0.1, -0.05) is 11.2 Å². The number of thiophene rings is 1. The van der Waals surface area contributed by atoms with Gasteiger partial charge in [0.2, 0.25) is 0 Å². The molecule has 7 heteroatoms. The van der Waals surface area contributed by atoms with Crippen LogP contribution in [0.5, 0.6) is 0 Å². The highest BCUT2D eigenvalue weighted by Crippen LogP contribution is 2.28. The molecule has 1 fully saturated rings. The number of hydrogen-bond acceptors (Lipinski definition) is 7. The van der Waals surface area contributed by atoms with Crippen molar-refractivity contribution in [2.45, 2.75) is 19.6 Å². The van der Waals surface area contributed by atoms with Crippen molar-refractivity contribution >= 4 is 22.7 Å². The first-order chi connectivity index (χ1) is 11.3. The van der Waals surface area contributed by atoms with Gasteiger partial charge in [0, 0.05) is 36.8 Å². The van der Waals surface area contributed by atoms with Crippen LogP contribution in [0.2, 0.25) is 0 Å². The molecule has 1 saturated heterocycles. The van der Waals surface area contributed by atoms with Crippen LogP contribution in [0.1, 0.15) is 22.5 Å². The number of rotatable bonds is 4. The third kappa shape index (κ3) is 3.37. The van der Waals surface area contributed by atoms with E-state index in [4.69, 9.17) is 9.26 Å². The van der Waals surface area contributed by atoms with Crippen molar-refractivity contribution in [1.82, 2.24) is 15.0 Å². The number of aromatic nitrogens is 2. The fourth-order valence-corrected chi connectivity index (χ4v) is 4.17. The molecule has 0 aliphatic carbocycles. The van der Waals surface area contributed by atoms with Crippen LogP contribution < -0.4 is 0 Å². The number of aryl methyl sites for hydroxylation is 1.